The molecule has 0 atom stereocenters. The average Bonchev–Trinajstić information content (AvgIpc) is 2.79. The second-order valence-corrected chi connectivity index (χ2v) is 7.13. The number of benzene rings is 3. The molecule has 0 bridgehead atoms. The number of anilines is 1. The van der Waals surface area contributed by atoms with Gasteiger partial charge in [0.2, 0.25) is 0 Å². The van der Waals surface area contributed by atoms with Gasteiger partial charge in [-0.25, -0.2) is 0 Å². The van der Waals surface area contributed by atoms with E-state index in [0.29, 0.717) is 32.0 Å². The first-order chi connectivity index (χ1) is 15.1. The largest absolute Gasteiger partial charge is 0.493 e. The maximum Gasteiger partial charge on any atom is 0.269 e. The Hall–Kier alpha value is -3.29. The number of hydrogen-bond acceptors (Lipinski definition) is 6. The molecule has 0 aliphatic heterocycles. The van der Waals surface area contributed by atoms with E-state index < -0.39 is 4.92 Å². The lowest BCUT2D eigenvalue weighted by molar-refractivity contribution is -0.384. The Labute approximate surface area is 194 Å². The van der Waals surface area contributed by atoms with Crippen LogP contribution < -0.4 is 20.1 Å². The molecule has 3 aromatic carbocycles. The number of rotatable bonds is 11. The summed E-state index contributed by atoms with van der Waals surface area (Å²) in [5, 5.41) is 17.4. The Morgan fingerprint density at radius 2 is 1.69 bits per heavy atom. The van der Waals surface area contributed by atoms with Gasteiger partial charge in [-0.2, -0.15) is 0 Å². The molecule has 0 radical (unpaired) electrons. The van der Waals surface area contributed by atoms with E-state index in [0.717, 1.165) is 22.6 Å². The number of nitrogens with one attached hydrogen (secondary N) is 2. The summed E-state index contributed by atoms with van der Waals surface area (Å²) in [5.41, 5.74) is 4.26. The topological polar surface area (TPSA) is 85.7 Å². The lowest BCUT2D eigenvalue weighted by Gasteiger charge is -2.16. The van der Waals surface area contributed by atoms with Crippen molar-refractivity contribution in [1.82, 2.24) is 5.32 Å². The SMILES string of the molecule is COc1cccc(CNCCNc2ccc([N+](=O)[O-])cc2)c1OCc1ccc(C)cc1.Cl. The van der Waals surface area contributed by atoms with E-state index in [1.54, 1.807) is 19.2 Å². The van der Waals surface area contributed by atoms with Gasteiger partial charge in [-0.3, -0.25) is 10.1 Å². The molecule has 7 nitrogen and oxygen atoms in total. The summed E-state index contributed by atoms with van der Waals surface area (Å²) in [5.74, 6) is 1.44. The molecule has 0 spiro atoms. The first-order valence-corrected chi connectivity index (χ1v) is 10.1. The normalized spacial score (nSPS) is 10.2. The van der Waals surface area contributed by atoms with Crippen LogP contribution in [-0.2, 0) is 13.2 Å². The van der Waals surface area contributed by atoms with Gasteiger partial charge >= 0.3 is 0 Å². The van der Waals surface area contributed by atoms with Gasteiger partial charge in [-0.05, 0) is 30.7 Å². The number of aryl methyl sites for hydroxylation is 1. The number of nitro benzene ring substituents is 1. The molecule has 0 aliphatic carbocycles. The van der Waals surface area contributed by atoms with Crippen LogP contribution in [0.5, 0.6) is 11.5 Å². The molecule has 0 unspecified atom stereocenters. The van der Waals surface area contributed by atoms with Gasteiger partial charge in [0.05, 0.1) is 12.0 Å². The Morgan fingerprint density at radius 3 is 2.34 bits per heavy atom. The van der Waals surface area contributed by atoms with E-state index in [1.165, 1.54) is 17.7 Å². The van der Waals surface area contributed by atoms with E-state index in [1.807, 2.05) is 18.2 Å². The number of methoxy groups -OCH3 is 1. The highest BCUT2D eigenvalue weighted by Crippen LogP contribution is 2.31. The third kappa shape index (κ3) is 7.14. The fourth-order valence-corrected chi connectivity index (χ4v) is 3.08. The molecule has 0 saturated heterocycles. The Balaban J connectivity index is 0.00000363. The van der Waals surface area contributed by atoms with Gasteiger partial charge in [0, 0.05) is 43.0 Å². The summed E-state index contributed by atoms with van der Waals surface area (Å²) in [7, 11) is 1.64. The first-order valence-electron chi connectivity index (χ1n) is 10.1. The van der Waals surface area contributed by atoms with Crippen LogP contribution in [0, 0.1) is 17.0 Å². The monoisotopic (exact) mass is 457 g/mol. The third-order valence-corrected chi connectivity index (χ3v) is 4.81. The van der Waals surface area contributed by atoms with Crippen molar-refractivity contribution in [2.24, 2.45) is 0 Å². The summed E-state index contributed by atoms with van der Waals surface area (Å²) in [4.78, 5) is 10.3. The number of ether oxygens (including phenoxy) is 2. The molecule has 0 heterocycles. The zero-order valence-corrected chi connectivity index (χ0v) is 19.0. The minimum atomic E-state index is -0.405. The standard InChI is InChI=1S/C24H27N3O4.ClH/c1-18-6-8-19(9-7-18)17-31-24-20(4-3-5-23(24)30-2)16-25-14-15-26-21-10-12-22(13-11-21)27(28)29;/h3-13,25-26H,14-17H2,1-2H3;1H. The maximum absolute atomic E-state index is 10.7. The summed E-state index contributed by atoms with van der Waals surface area (Å²) < 4.78 is 11.6. The van der Waals surface area contributed by atoms with Crippen LogP contribution >= 0.6 is 12.4 Å². The molecule has 0 fully saturated rings. The van der Waals surface area contributed by atoms with Crippen LogP contribution in [0.4, 0.5) is 11.4 Å². The number of non-ortho nitro benzene ring substituents is 1. The molecule has 3 rings (SSSR count). The fraction of sp³-hybridized carbons (Fsp3) is 0.250. The van der Waals surface area contributed by atoms with Gasteiger partial charge in [-0.1, -0.05) is 42.0 Å². The number of nitrogens with zero attached hydrogens (tertiary/aromatic N) is 1. The van der Waals surface area contributed by atoms with Crippen molar-refractivity contribution in [3.8, 4) is 11.5 Å². The van der Waals surface area contributed by atoms with Gasteiger partial charge in [-0.15, -0.1) is 12.4 Å². The summed E-state index contributed by atoms with van der Waals surface area (Å²) in [6.45, 7) is 4.55. The van der Waals surface area contributed by atoms with Crippen molar-refractivity contribution < 1.29 is 14.4 Å². The van der Waals surface area contributed by atoms with E-state index in [9.17, 15) is 10.1 Å². The minimum Gasteiger partial charge on any atom is -0.493 e. The molecule has 0 aromatic heterocycles. The average molecular weight is 458 g/mol. The molecule has 8 heteroatoms. The quantitative estimate of drug-likeness (QED) is 0.236. The van der Waals surface area contributed by atoms with Crippen molar-refractivity contribution in [3.63, 3.8) is 0 Å². The Morgan fingerprint density at radius 1 is 0.969 bits per heavy atom. The van der Waals surface area contributed by atoms with Crippen molar-refractivity contribution in [3.05, 3.63) is 93.5 Å². The van der Waals surface area contributed by atoms with E-state index in [4.69, 9.17) is 9.47 Å². The molecule has 0 amide bonds. The van der Waals surface area contributed by atoms with Crippen LogP contribution in [0.1, 0.15) is 16.7 Å². The van der Waals surface area contributed by atoms with Crippen LogP contribution in [0.25, 0.3) is 0 Å². The van der Waals surface area contributed by atoms with Crippen LogP contribution in [0.2, 0.25) is 0 Å². The second kappa shape index (κ2) is 12.5. The predicted octanol–water partition coefficient (Wildman–Crippen LogP) is 5.11. The molecule has 2 N–H and O–H groups in total. The number of hydrogen-bond donors (Lipinski definition) is 2. The van der Waals surface area contributed by atoms with Crippen molar-refractivity contribution >= 4 is 23.8 Å². The highest BCUT2D eigenvalue weighted by Gasteiger charge is 2.11. The van der Waals surface area contributed by atoms with Crippen LogP contribution in [-0.4, -0.2) is 25.1 Å². The summed E-state index contributed by atoms with van der Waals surface area (Å²) >= 11 is 0. The zero-order chi connectivity index (χ0) is 22.1. The van der Waals surface area contributed by atoms with E-state index in [-0.39, 0.29) is 18.1 Å². The number of nitro groups is 1. The van der Waals surface area contributed by atoms with Gasteiger partial charge in [0.15, 0.2) is 11.5 Å². The molecule has 0 aliphatic rings. The lowest BCUT2D eigenvalue weighted by Crippen LogP contribution is -2.22. The van der Waals surface area contributed by atoms with Gasteiger partial charge < -0.3 is 20.1 Å². The highest BCUT2D eigenvalue weighted by atomic mass is 35.5. The fourth-order valence-electron chi connectivity index (χ4n) is 3.08. The number of para-hydroxylation sites is 1. The van der Waals surface area contributed by atoms with Crippen molar-refractivity contribution in [2.45, 2.75) is 20.1 Å². The van der Waals surface area contributed by atoms with E-state index in [2.05, 4.69) is 41.8 Å². The smallest absolute Gasteiger partial charge is 0.269 e. The van der Waals surface area contributed by atoms with Gasteiger partial charge in [0.1, 0.15) is 6.61 Å². The van der Waals surface area contributed by atoms with Crippen molar-refractivity contribution in [2.75, 3.05) is 25.5 Å². The molecule has 3 aromatic rings. The Bertz CT molecular complexity index is 995. The first kappa shape index (κ1) is 25.0. The predicted molar refractivity (Wildman–Crippen MR) is 129 cm³/mol. The minimum absolute atomic E-state index is 0. The summed E-state index contributed by atoms with van der Waals surface area (Å²) in [6, 6.07) is 20.5. The maximum atomic E-state index is 10.7. The van der Waals surface area contributed by atoms with Gasteiger partial charge in [0.25, 0.3) is 5.69 Å². The van der Waals surface area contributed by atoms with Crippen LogP contribution in [0.15, 0.2) is 66.7 Å². The molecular formula is C24H28ClN3O4. The third-order valence-electron chi connectivity index (χ3n) is 4.81. The lowest BCUT2D eigenvalue weighted by atomic mass is 10.1. The number of halogens is 1. The molecule has 170 valence electrons. The zero-order valence-electron chi connectivity index (χ0n) is 18.2. The van der Waals surface area contributed by atoms with Crippen LogP contribution in [0.3, 0.4) is 0 Å². The van der Waals surface area contributed by atoms with E-state index >= 15 is 0 Å². The second-order valence-electron chi connectivity index (χ2n) is 7.13. The summed E-state index contributed by atoms with van der Waals surface area (Å²) in [6.07, 6.45) is 0. The molecular weight excluding hydrogens is 430 g/mol. The highest BCUT2D eigenvalue weighted by molar-refractivity contribution is 5.85. The Kier molecular flexibility index (Phi) is 9.78. The molecule has 0 saturated carbocycles. The van der Waals surface area contributed by atoms with Crippen molar-refractivity contribution in [1.29, 1.82) is 0 Å². The molecule has 32 heavy (non-hydrogen) atoms.